The average Bonchev–Trinajstić information content (AvgIpc) is 2.77. The highest BCUT2D eigenvalue weighted by Crippen LogP contribution is 2.33. The lowest BCUT2D eigenvalue weighted by atomic mass is 9.94. The molecule has 3 N–H and O–H groups in total. The number of nitrogens with one attached hydrogen (secondary N) is 2. The van der Waals surface area contributed by atoms with Crippen LogP contribution < -0.4 is 14.8 Å². The standard InChI is InChI=1S/C21H29N5O3/c1-2-9-24-21(23)26(15-22)12-16-7-10-25(11-8-16)17(13-27)20-14-28-18-5-3-4-6-19(18)29-20/h2-6,16-17,20,27H,1,7-14H2,(H2,23,24). The number of nitriles is 1. The van der Waals surface area contributed by atoms with Crippen molar-refractivity contribution in [2.24, 2.45) is 5.92 Å². The normalized spacial score (nSPS) is 20.3. The Balaban J connectivity index is 1.52. The van der Waals surface area contributed by atoms with Crippen LogP contribution in [0.5, 0.6) is 11.5 Å². The fourth-order valence-electron chi connectivity index (χ4n) is 3.87. The maximum Gasteiger partial charge on any atom is 0.204 e. The van der Waals surface area contributed by atoms with Gasteiger partial charge in [-0.3, -0.25) is 10.3 Å². The van der Waals surface area contributed by atoms with Crippen molar-refractivity contribution in [1.82, 2.24) is 15.1 Å². The quantitative estimate of drug-likeness (QED) is 0.209. The summed E-state index contributed by atoms with van der Waals surface area (Å²) in [4.78, 5) is 3.64. The molecular formula is C21H29N5O3. The number of hydrogen-bond donors (Lipinski definition) is 3. The number of ether oxygens (including phenoxy) is 2. The number of piperidine rings is 1. The number of rotatable bonds is 7. The van der Waals surface area contributed by atoms with Crippen molar-refractivity contribution in [2.45, 2.75) is 25.0 Å². The van der Waals surface area contributed by atoms with E-state index in [2.05, 4.69) is 23.0 Å². The molecule has 29 heavy (non-hydrogen) atoms. The monoisotopic (exact) mass is 399 g/mol. The molecule has 2 heterocycles. The fraction of sp³-hybridized carbons (Fsp3) is 0.524. The lowest BCUT2D eigenvalue weighted by Gasteiger charge is -2.41. The van der Waals surface area contributed by atoms with Gasteiger partial charge in [-0.05, 0) is 44.0 Å². The van der Waals surface area contributed by atoms with E-state index in [4.69, 9.17) is 14.9 Å². The van der Waals surface area contributed by atoms with E-state index in [1.165, 1.54) is 4.90 Å². The van der Waals surface area contributed by atoms with Crippen LogP contribution in [0, 0.1) is 22.8 Å². The van der Waals surface area contributed by atoms with Gasteiger partial charge in [0, 0.05) is 13.1 Å². The molecule has 2 atom stereocenters. The van der Waals surface area contributed by atoms with Crippen LogP contribution in [-0.2, 0) is 0 Å². The van der Waals surface area contributed by atoms with E-state index in [0.717, 1.165) is 31.7 Å². The maximum absolute atomic E-state index is 10.0. The van der Waals surface area contributed by atoms with Gasteiger partial charge in [-0.25, -0.2) is 4.90 Å². The van der Waals surface area contributed by atoms with Gasteiger partial charge in [-0.15, -0.1) is 6.58 Å². The Morgan fingerprint density at radius 1 is 1.41 bits per heavy atom. The molecule has 0 aromatic heterocycles. The lowest BCUT2D eigenvalue weighted by molar-refractivity contribution is -0.0214. The van der Waals surface area contributed by atoms with Crippen LogP contribution in [0.2, 0.25) is 0 Å². The van der Waals surface area contributed by atoms with Gasteiger partial charge in [-0.2, -0.15) is 5.26 Å². The van der Waals surface area contributed by atoms with Gasteiger partial charge in [0.25, 0.3) is 0 Å². The molecule has 1 saturated heterocycles. The number of aliphatic hydroxyl groups is 1. The van der Waals surface area contributed by atoms with Crippen LogP contribution in [0.25, 0.3) is 0 Å². The predicted molar refractivity (Wildman–Crippen MR) is 110 cm³/mol. The van der Waals surface area contributed by atoms with Gasteiger partial charge in [0.05, 0.1) is 12.6 Å². The van der Waals surface area contributed by atoms with E-state index in [0.29, 0.717) is 31.4 Å². The number of benzene rings is 1. The van der Waals surface area contributed by atoms with Crippen molar-refractivity contribution >= 4 is 5.96 Å². The summed E-state index contributed by atoms with van der Waals surface area (Å²) in [7, 11) is 0. The molecule has 8 heteroatoms. The second-order valence-corrected chi connectivity index (χ2v) is 7.37. The predicted octanol–water partition coefficient (Wildman–Crippen LogP) is 1.39. The summed E-state index contributed by atoms with van der Waals surface area (Å²) >= 11 is 0. The van der Waals surface area contributed by atoms with Crippen molar-refractivity contribution < 1.29 is 14.6 Å². The van der Waals surface area contributed by atoms with Crippen LogP contribution in [0.15, 0.2) is 36.9 Å². The molecule has 2 aliphatic rings. The third-order valence-electron chi connectivity index (χ3n) is 5.51. The number of hydrogen-bond acceptors (Lipinski definition) is 6. The molecule has 1 aromatic rings. The molecule has 3 rings (SSSR count). The van der Waals surface area contributed by atoms with Crippen LogP contribution >= 0.6 is 0 Å². The second-order valence-electron chi connectivity index (χ2n) is 7.37. The van der Waals surface area contributed by atoms with Crippen molar-refractivity contribution in [2.75, 3.05) is 39.4 Å². The van der Waals surface area contributed by atoms with Gasteiger partial charge in [-0.1, -0.05) is 18.2 Å². The molecule has 0 saturated carbocycles. The third kappa shape index (κ3) is 5.19. The average molecular weight is 399 g/mol. The number of nitrogens with zero attached hydrogens (tertiary/aromatic N) is 3. The number of aliphatic hydroxyl groups excluding tert-OH is 1. The van der Waals surface area contributed by atoms with E-state index in [1.807, 2.05) is 24.3 Å². The van der Waals surface area contributed by atoms with Gasteiger partial charge in [0.15, 0.2) is 23.8 Å². The minimum Gasteiger partial charge on any atom is -0.486 e. The number of guanidine groups is 1. The molecule has 0 amide bonds. The SMILES string of the molecule is C=CCNC(=N)N(C#N)CC1CCN(C(CO)C2COc3ccccc3O2)CC1. The molecule has 2 aliphatic heterocycles. The molecule has 0 aliphatic carbocycles. The summed E-state index contributed by atoms with van der Waals surface area (Å²) in [6.45, 7) is 6.63. The van der Waals surface area contributed by atoms with Gasteiger partial charge in [0.2, 0.25) is 5.96 Å². The summed E-state index contributed by atoms with van der Waals surface area (Å²) in [5.41, 5.74) is 0. The van der Waals surface area contributed by atoms with E-state index >= 15 is 0 Å². The number of para-hydroxylation sites is 2. The van der Waals surface area contributed by atoms with Gasteiger partial charge >= 0.3 is 0 Å². The van der Waals surface area contributed by atoms with Gasteiger partial charge in [0.1, 0.15) is 6.61 Å². The molecule has 156 valence electrons. The summed E-state index contributed by atoms with van der Waals surface area (Å²) in [5.74, 6) is 1.88. The summed E-state index contributed by atoms with van der Waals surface area (Å²) < 4.78 is 11.9. The number of likely N-dealkylation sites (tertiary alicyclic amines) is 1. The largest absolute Gasteiger partial charge is 0.486 e. The fourth-order valence-corrected chi connectivity index (χ4v) is 3.87. The first-order valence-electron chi connectivity index (χ1n) is 10.00. The Morgan fingerprint density at radius 3 is 2.79 bits per heavy atom. The highest BCUT2D eigenvalue weighted by molar-refractivity contribution is 5.78. The van der Waals surface area contributed by atoms with Crippen LogP contribution in [0.4, 0.5) is 0 Å². The van der Waals surface area contributed by atoms with E-state index < -0.39 is 0 Å². The number of fused-ring (bicyclic) bond motifs is 1. The first-order valence-corrected chi connectivity index (χ1v) is 10.00. The Kier molecular flexibility index (Phi) is 7.33. The van der Waals surface area contributed by atoms with Crippen LogP contribution in [-0.4, -0.2) is 72.4 Å². The summed E-state index contributed by atoms with van der Waals surface area (Å²) in [5, 5.41) is 30.2. The Morgan fingerprint density at radius 2 is 2.14 bits per heavy atom. The maximum atomic E-state index is 10.0. The summed E-state index contributed by atoms with van der Waals surface area (Å²) in [6.07, 6.45) is 5.31. The molecule has 1 fully saturated rings. The minimum atomic E-state index is -0.224. The topological polar surface area (TPSA) is 105 Å². The van der Waals surface area contributed by atoms with Crippen molar-refractivity contribution in [1.29, 1.82) is 10.7 Å². The Bertz CT molecular complexity index is 742. The molecule has 0 spiro atoms. The minimum absolute atomic E-state index is 0.00129. The summed E-state index contributed by atoms with van der Waals surface area (Å²) in [6, 6.07) is 7.45. The highest BCUT2D eigenvalue weighted by atomic mass is 16.6. The lowest BCUT2D eigenvalue weighted by Crippen LogP contribution is -2.54. The zero-order valence-corrected chi connectivity index (χ0v) is 16.6. The first-order chi connectivity index (χ1) is 14.2. The molecular weight excluding hydrogens is 370 g/mol. The zero-order valence-electron chi connectivity index (χ0n) is 16.6. The first kappa shape index (κ1) is 21.0. The van der Waals surface area contributed by atoms with E-state index in [9.17, 15) is 10.4 Å². The van der Waals surface area contributed by atoms with Crippen molar-refractivity contribution in [3.8, 4) is 17.7 Å². The molecule has 2 unspecified atom stereocenters. The third-order valence-corrected chi connectivity index (χ3v) is 5.51. The van der Waals surface area contributed by atoms with E-state index in [1.54, 1.807) is 6.08 Å². The van der Waals surface area contributed by atoms with E-state index in [-0.39, 0.29) is 24.7 Å². The molecule has 1 aromatic carbocycles. The highest BCUT2D eigenvalue weighted by Gasteiger charge is 2.35. The van der Waals surface area contributed by atoms with Crippen LogP contribution in [0.1, 0.15) is 12.8 Å². The molecule has 0 radical (unpaired) electrons. The van der Waals surface area contributed by atoms with Crippen LogP contribution in [0.3, 0.4) is 0 Å². The molecule has 8 nitrogen and oxygen atoms in total. The van der Waals surface area contributed by atoms with Gasteiger partial charge < -0.3 is 19.9 Å². The molecule has 0 bridgehead atoms. The Hall–Kier alpha value is -2.76. The smallest absolute Gasteiger partial charge is 0.204 e. The second kappa shape index (κ2) is 10.1. The Labute approximate surface area is 171 Å². The van der Waals surface area contributed by atoms with Crippen molar-refractivity contribution in [3.63, 3.8) is 0 Å². The zero-order chi connectivity index (χ0) is 20.6. The van der Waals surface area contributed by atoms with Crippen molar-refractivity contribution in [3.05, 3.63) is 36.9 Å².